The van der Waals surface area contributed by atoms with Gasteiger partial charge in [0.05, 0.1) is 7.11 Å². The van der Waals surface area contributed by atoms with Crippen LogP contribution in [0, 0.1) is 0 Å². The number of carbonyl (C=O) groups excluding carboxylic acids is 2. The van der Waals surface area contributed by atoms with Crippen LogP contribution >= 0.6 is 0 Å². The number of rotatable bonds is 7. The first-order valence-corrected chi connectivity index (χ1v) is 6.95. The second-order valence-corrected chi connectivity index (χ2v) is 4.54. The lowest BCUT2D eigenvalue weighted by molar-refractivity contribution is -0.149. The van der Waals surface area contributed by atoms with Gasteiger partial charge in [-0.05, 0) is 24.3 Å². The Morgan fingerprint density at radius 2 is 1.70 bits per heavy atom. The van der Waals surface area contributed by atoms with E-state index in [-0.39, 0.29) is 13.2 Å². The maximum atomic E-state index is 11.7. The van der Waals surface area contributed by atoms with E-state index in [4.69, 9.17) is 14.2 Å². The summed E-state index contributed by atoms with van der Waals surface area (Å²) in [4.78, 5) is 23.2. The molecule has 120 valence electrons. The number of para-hydroxylation sites is 1. The fraction of sp³-hybridized carbons (Fsp3) is 0.176. The maximum Gasteiger partial charge on any atom is 0.344 e. The molecule has 1 N–H and O–H groups in total. The number of methoxy groups -OCH3 is 1. The van der Waals surface area contributed by atoms with Crippen LogP contribution in [0.15, 0.2) is 54.6 Å². The first kappa shape index (κ1) is 16.4. The van der Waals surface area contributed by atoms with Crippen LogP contribution in [0.2, 0.25) is 0 Å². The molecule has 2 aromatic carbocycles. The van der Waals surface area contributed by atoms with Gasteiger partial charge >= 0.3 is 5.97 Å². The molecule has 0 aliphatic carbocycles. The van der Waals surface area contributed by atoms with Gasteiger partial charge in [-0.15, -0.1) is 0 Å². The van der Waals surface area contributed by atoms with E-state index in [1.165, 1.54) is 7.11 Å². The van der Waals surface area contributed by atoms with Gasteiger partial charge in [0.15, 0.2) is 13.2 Å². The van der Waals surface area contributed by atoms with Crippen LogP contribution in [0.4, 0.5) is 5.69 Å². The van der Waals surface area contributed by atoms with Gasteiger partial charge in [0.2, 0.25) is 0 Å². The maximum absolute atomic E-state index is 11.7. The lowest BCUT2D eigenvalue weighted by atomic mass is 10.3. The Labute approximate surface area is 134 Å². The van der Waals surface area contributed by atoms with Gasteiger partial charge in [-0.1, -0.05) is 24.3 Å². The Morgan fingerprint density at radius 3 is 2.43 bits per heavy atom. The van der Waals surface area contributed by atoms with Gasteiger partial charge in [0, 0.05) is 11.8 Å². The van der Waals surface area contributed by atoms with Gasteiger partial charge < -0.3 is 19.5 Å². The molecule has 6 heteroatoms. The van der Waals surface area contributed by atoms with Crippen LogP contribution in [0.5, 0.6) is 11.5 Å². The predicted molar refractivity (Wildman–Crippen MR) is 84.5 cm³/mol. The molecule has 0 aliphatic heterocycles. The molecule has 0 saturated carbocycles. The number of anilines is 1. The third-order valence-corrected chi connectivity index (χ3v) is 2.82. The van der Waals surface area contributed by atoms with Crippen molar-refractivity contribution in [2.45, 2.75) is 0 Å². The van der Waals surface area contributed by atoms with Gasteiger partial charge in [0.1, 0.15) is 11.5 Å². The summed E-state index contributed by atoms with van der Waals surface area (Å²) in [6, 6.07) is 15.8. The number of hydrogen-bond donors (Lipinski definition) is 1. The number of esters is 1. The molecule has 2 aromatic rings. The molecule has 0 aromatic heterocycles. The zero-order valence-corrected chi connectivity index (χ0v) is 12.7. The van der Waals surface area contributed by atoms with Crippen molar-refractivity contribution in [3.05, 3.63) is 54.6 Å². The van der Waals surface area contributed by atoms with E-state index >= 15 is 0 Å². The zero-order chi connectivity index (χ0) is 16.5. The van der Waals surface area contributed by atoms with Gasteiger partial charge in [-0.25, -0.2) is 4.79 Å². The second-order valence-electron chi connectivity index (χ2n) is 4.54. The smallest absolute Gasteiger partial charge is 0.344 e. The monoisotopic (exact) mass is 315 g/mol. The second kappa shape index (κ2) is 8.43. The Hall–Kier alpha value is -3.02. The minimum absolute atomic E-state index is 0.254. The molecule has 0 saturated heterocycles. The largest absolute Gasteiger partial charge is 0.497 e. The van der Waals surface area contributed by atoms with Gasteiger partial charge in [0.25, 0.3) is 5.91 Å². The Bertz CT molecular complexity index is 657. The molecule has 0 fully saturated rings. The first-order chi connectivity index (χ1) is 11.2. The number of benzene rings is 2. The zero-order valence-electron chi connectivity index (χ0n) is 12.7. The lowest BCUT2D eigenvalue weighted by Crippen LogP contribution is -2.23. The summed E-state index contributed by atoms with van der Waals surface area (Å²) in [6.45, 7) is -0.634. The standard InChI is InChI=1S/C17H17NO5/c1-21-15-9-5-6-13(10-15)18-16(19)11-23-17(20)12-22-14-7-3-2-4-8-14/h2-10H,11-12H2,1H3,(H,18,19). The van der Waals surface area contributed by atoms with Crippen molar-refractivity contribution in [2.75, 3.05) is 25.6 Å². The Morgan fingerprint density at radius 1 is 0.957 bits per heavy atom. The first-order valence-electron chi connectivity index (χ1n) is 6.95. The van der Waals surface area contributed by atoms with E-state index in [2.05, 4.69) is 5.32 Å². The molecule has 0 heterocycles. The summed E-state index contributed by atoms with van der Waals surface area (Å²) in [6.07, 6.45) is 0. The van der Waals surface area contributed by atoms with Crippen molar-refractivity contribution in [3.8, 4) is 11.5 Å². The fourth-order valence-corrected chi connectivity index (χ4v) is 1.74. The summed E-state index contributed by atoms with van der Waals surface area (Å²) < 4.78 is 15.1. The van der Waals surface area contributed by atoms with Crippen LogP contribution in [0.1, 0.15) is 0 Å². The van der Waals surface area contributed by atoms with Crippen LogP contribution in [-0.2, 0) is 14.3 Å². The lowest BCUT2D eigenvalue weighted by Gasteiger charge is -2.08. The molecule has 1 amide bonds. The van der Waals surface area contributed by atoms with Crippen molar-refractivity contribution in [2.24, 2.45) is 0 Å². The van der Waals surface area contributed by atoms with E-state index in [1.807, 2.05) is 6.07 Å². The number of carbonyl (C=O) groups is 2. The third-order valence-electron chi connectivity index (χ3n) is 2.82. The summed E-state index contributed by atoms with van der Waals surface area (Å²) in [5, 5.41) is 2.61. The SMILES string of the molecule is COc1cccc(NC(=O)COC(=O)COc2ccccc2)c1. The topological polar surface area (TPSA) is 73.9 Å². The Kier molecular flexibility index (Phi) is 5.99. The summed E-state index contributed by atoms with van der Waals surface area (Å²) in [7, 11) is 1.54. The van der Waals surface area contributed by atoms with E-state index in [9.17, 15) is 9.59 Å². The molecule has 0 unspecified atom stereocenters. The van der Waals surface area contributed by atoms with Crippen LogP contribution in [0.25, 0.3) is 0 Å². The molecule has 0 spiro atoms. The highest BCUT2D eigenvalue weighted by Crippen LogP contribution is 2.16. The number of ether oxygens (including phenoxy) is 3. The summed E-state index contributed by atoms with van der Waals surface area (Å²) in [5.41, 5.74) is 0.561. The van der Waals surface area contributed by atoms with Crippen molar-refractivity contribution in [1.29, 1.82) is 0 Å². The average Bonchev–Trinajstić information content (AvgIpc) is 2.59. The summed E-state index contributed by atoms with van der Waals surface area (Å²) >= 11 is 0. The molecular weight excluding hydrogens is 298 g/mol. The normalized spacial score (nSPS) is 9.78. The predicted octanol–water partition coefficient (Wildman–Crippen LogP) is 2.26. The van der Waals surface area contributed by atoms with E-state index in [0.29, 0.717) is 17.2 Å². The molecule has 2 rings (SSSR count). The van der Waals surface area contributed by atoms with E-state index < -0.39 is 11.9 Å². The quantitative estimate of drug-likeness (QED) is 0.793. The van der Waals surface area contributed by atoms with Crippen molar-refractivity contribution >= 4 is 17.6 Å². The van der Waals surface area contributed by atoms with Crippen molar-refractivity contribution < 1.29 is 23.8 Å². The van der Waals surface area contributed by atoms with Crippen LogP contribution in [-0.4, -0.2) is 32.2 Å². The minimum Gasteiger partial charge on any atom is -0.497 e. The molecule has 0 atom stereocenters. The average molecular weight is 315 g/mol. The van der Waals surface area contributed by atoms with Gasteiger partial charge in [-0.2, -0.15) is 0 Å². The van der Waals surface area contributed by atoms with Crippen LogP contribution < -0.4 is 14.8 Å². The molecule has 6 nitrogen and oxygen atoms in total. The van der Waals surface area contributed by atoms with Crippen LogP contribution in [0.3, 0.4) is 0 Å². The van der Waals surface area contributed by atoms with E-state index in [0.717, 1.165) is 0 Å². The molecular formula is C17H17NO5. The molecule has 0 radical (unpaired) electrons. The highest BCUT2D eigenvalue weighted by Gasteiger charge is 2.09. The van der Waals surface area contributed by atoms with Gasteiger partial charge in [-0.3, -0.25) is 4.79 Å². The molecule has 0 aliphatic rings. The number of hydrogen-bond acceptors (Lipinski definition) is 5. The third kappa shape index (κ3) is 5.70. The van der Waals surface area contributed by atoms with Crippen molar-refractivity contribution in [3.63, 3.8) is 0 Å². The van der Waals surface area contributed by atoms with E-state index in [1.54, 1.807) is 48.5 Å². The molecule has 23 heavy (non-hydrogen) atoms. The highest BCUT2D eigenvalue weighted by atomic mass is 16.6. The molecule has 0 bridgehead atoms. The van der Waals surface area contributed by atoms with Crippen molar-refractivity contribution in [1.82, 2.24) is 0 Å². The number of amides is 1. The highest BCUT2D eigenvalue weighted by molar-refractivity contribution is 5.93. The fourth-order valence-electron chi connectivity index (χ4n) is 1.74. The summed E-state index contributed by atoms with van der Waals surface area (Å²) in [5.74, 6) is 0.127. The Balaban J connectivity index is 1.72. The number of nitrogens with one attached hydrogen (secondary N) is 1. The minimum atomic E-state index is -0.616.